The van der Waals surface area contributed by atoms with Crippen molar-refractivity contribution in [3.63, 3.8) is 0 Å². The monoisotopic (exact) mass is 306 g/mol. The minimum atomic E-state index is -2.21. The van der Waals surface area contributed by atoms with Gasteiger partial charge in [0.15, 0.2) is 23.3 Å². The number of nitrogens with two attached hydrogens (primary N) is 1. The van der Waals surface area contributed by atoms with Crippen LogP contribution in [0.1, 0.15) is 17.3 Å². The molecule has 1 aromatic heterocycles. The molecular weight excluding hydrogens is 295 g/mol. The number of halogens is 5. The molecule has 1 atom stereocenters. The Hall–Kier alpha value is -2.00. The Morgan fingerprint density at radius 3 is 2.05 bits per heavy atom. The molecule has 0 saturated carbocycles. The van der Waals surface area contributed by atoms with Gasteiger partial charge in [-0.2, -0.15) is 5.10 Å². The molecule has 2 rings (SSSR count). The molecule has 0 bridgehead atoms. The summed E-state index contributed by atoms with van der Waals surface area (Å²) < 4.78 is 68.2. The largest absolute Gasteiger partial charge is 0.276 e. The molecule has 2 aromatic rings. The summed E-state index contributed by atoms with van der Waals surface area (Å²) in [5, 5.41) is 3.96. The highest BCUT2D eigenvalue weighted by Crippen LogP contribution is 2.29. The molecule has 0 spiro atoms. The van der Waals surface area contributed by atoms with Crippen LogP contribution in [0.5, 0.6) is 0 Å². The van der Waals surface area contributed by atoms with E-state index in [1.54, 1.807) is 13.2 Å². The van der Waals surface area contributed by atoms with E-state index >= 15 is 0 Å². The smallest absolute Gasteiger partial charge is 0.200 e. The fourth-order valence-electron chi connectivity index (χ4n) is 1.95. The number of rotatable bonds is 4. The topological polar surface area (TPSA) is 55.9 Å². The first-order valence-corrected chi connectivity index (χ1v) is 5.82. The molecule has 0 aliphatic carbocycles. The van der Waals surface area contributed by atoms with Gasteiger partial charge in [-0.1, -0.05) is 0 Å². The van der Waals surface area contributed by atoms with Gasteiger partial charge in [0.05, 0.1) is 11.7 Å². The van der Waals surface area contributed by atoms with Crippen molar-refractivity contribution in [3.05, 3.63) is 52.6 Å². The molecule has 114 valence electrons. The van der Waals surface area contributed by atoms with Crippen molar-refractivity contribution in [1.29, 1.82) is 0 Å². The third-order valence-corrected chi connectivity index (χ3v) is 2.98. The molecule has 1 unspecified atom stereocenters. The minimum Gasteiger partial charge on any atom is -0.276 e. The van der Waals surface area contributed by atoms with Gasteiger partial charge in [0.2, 0.25) is 5.82 Å². The van der Waals surface area contributed by atoms with E-state index in [2.05, 4.69) is 5.10 Å². The van der Waals surface area contributed by atoms with E-state index in [0.29, 0.717) is 5.69 Å². The van der Waals surface area contributed by atoms with Gasteiger partial charge in [-0.05, 0) is 6.07 Å². The molecule has 0 aliphatic heterocycles. The van der Waals surface area contributed by atoms with Crippen molar-refractivity contribution in [2.45, 2.75) is 12.5 Å². The highest BCUT2D eigenvalue weighted by molar-refractivity contribution is 5.28. The van der Waals surface area contributed by atoms with Gasteiger partial charge in [0.25, 0.3) is 0 Å². The standard InChI is InChI=1S/C12H11F5N4/c1-21-3-2-5(20-21)4-6(19-18)7-8(13)10(15)12(17)11(16)9(7)14/h2-3,6,19H,4,18H2,1H3. The number of aromatic nitrogens is 2. The quantitative estimate of drug-likeness (QED) is 0.298. The maximum Gasteiger partial charge on any atom is 0.200 e. The normalized spacial score (nSPS) is 12.7. The lowest BCUT2D eigenvalue weighted by molar-refractivity contribution is 0.355. The van der Waals surface area contributed by atoms with Gasteiger partial charge in [0.1, 0.15) is 0 Å². The molecule has 3 N–H and O–H groups in total. The van der Waals surface area contributed by atoms with E-state index in [-0.39, 0.29) is 6.42 Å². The van der Waals surface area contributed by atoms with E-state index in [1.165, 1.54) is 10.7 Å². The number of nitrogens with zero attached hydrogens (tertiary/aromatic N) is 2. The Labute approximate surface area is 116 Å². The summed E-state index contributed by atoms with van der Waals surface area (Å²) in [6.45, 7) is 0. The number of nitrogens with one attached hydrogen (secondary N) is 1. The van der Waals surface area contributed by atoms with Crippen molar-refractivity contribution >= 4 is 0 Å². The molecular formula is C12H11F5N4. The first-order chi connectivity index (χ1) is 9.86. The van der Waals surface area contributed by atoms with Crippen LogP contribution in [0, 0.1) is 29.1 Å². The molecule has 1 aromatic carbocycles. The Bertz CT molecular complexity index is 641. The maximum absolute atomic E-state index is 13.7. The molecule has 0 radical (unpaired) electrons. The molecule has 0 amide bonds. The van der Waals surface area contributed by atoms with Gasteiger partial charge in [-0.25, -0.2) is 22.0 Å². The van der Waals surface area contributed by atoms with E-state index in [1.807, 2.05) is 5.43 Å². The van der Waals surface area contributed by atoms with Crippen LogP contribution in [0.25, 0.3) is 0 Å². The van der Waals surface area contributed by atoms with Gasteiger partial charge < -0.3 is 0 Å². The lowest BCUT2D eigenvalue weighted by Gasteiger charge is -2.17. The van der Waals surface area contributed by atoms with Crippen molar-refractivity contribution in [1.82, 2.24) is 15.2 Å². The molecule has 4 nitrogen and oxygen atoms in total. The van der Waals surface area contributed by atoms with E-state index < -0.39 is 40.7 Å². The molecule has 21 heavy (non-hydrogen) atoms. The van der Waals surface area contributed by atoms with Gasteiger partial charge >= 0.3 is 0 Å². The van der Waals surface area contributed by atoms with Crippen molar-refractivity contribution in [2.24, 2.45) is 12.9 Å². The van der Waals surface area contributed by atoms with Crippen LogP contribution in [-0.2, 0) is 13.5 Å². The summed E-state index contributed by atoms with van der Waals surface area (Å²) in [6.07, 6.45) is 1.43. The maximum atomic E-state index is 13.7. The predicted octanol–water partition coefficient (Wildman–Crippen LogP) is 1.86. The van der Waals surface area contributed by atoms with Crippen LogP contribution < -0.4 is 11.3 Å². The third-order valence-electron chi connectivity index (χ3n) is 2.98. The minimum absolute atomic E-state index is 0.143. The number of hydrogen-bond acceptors (Lipinski definition) is 3. The SMILES string of the molecule is Cn1ccc(CC(NN)c2c(F)c(F)c(F)c(F)c2F)n1. The zero-order valence-electron chi connectivity index (χ0n) is 10.8. The second-order valence-corrected chi connectivity index (χ2v) is 4.39. The van der Waals surface area contributed by atoms with Crippen LogP contribution in [0.2, 0.25) is 0 Å². The predicted molar refractivity (Wildman–Crippen MR) is 63.2 cm³/mol. The summed E-state index contributed by atoms with van der Waals surface area (Å²) in [5.41, 5.74) is 1.41. The van der Waals surface area contributed by atoms with Crippen LogP contribution in [-0.4, -0.2) is 9.78 Å². The second kappa shape index (κ2) is 5.78. The summed E-state index contributed by atoms with van der Waals surface area (Å²) >= 11 is 0. The van der Waals surface area contributed by atoms with Crippen LogP contribution in [0.3, 0.4) is 0 Å². The number of hydrogen-bond donors (Lipinski definition) is 2. The number of hydrazine groups is 1. The van der Waals surface area contributed by atoms with Gasteiger partial charge in [0, 0.05) is 25.2 Å². The lowest BCUT2D eigenvalue weighted by Crippen LogP contribution is -2.32. The summed E-state index contributed by atoms with van der Waals surface area (Å²) in [4.78, 5) is 0. The summed E-state index contributed by atoms with van der Waals surface area (Å²) in [5.74, 6) is -4.87. The molecule has 0 aliphatic rings. The van der Waals surface area contributed by atoms with E-state index in [4.69, 9.17) is 5.84 Å². The Kier molecular flexibility index (Phi) is 4.24. The third kappa shape index (κ3) is 2.74. The van der Waals surface area contributed by atoms with E-state index in [9.17, 15) is 22.0 Å². The Balaban J connectivity index is 2.47. The molecule has 1 heterocycles. The van der Waals surface area contributed by atoms with Gasteiger partial charge in [-0.15, -0.1) is 0 Å². The van der Waals surface area contributed by atoms with Crippen LogP contribution >= 0.6 is 0 Å². The number of aryl methyl sites for hydroxylation is 1. The average molecular weight is 306 g/mol. The van der Waals surface area contributed by atoms with E-state index in [0.717, 1.165) is 0 Å². The van der Waals surface area contributed by atoms with Crippen molar-refractivity contribution < 1.29 is 22.0 Å². The average Bonchev–Trinajstić information content (AvgIpc) is 2.87. The molecule has 0 fully saturated rings. The summed E-state index contributed by atoms with van der Waals surface area (Å²) in [7, 11) is 1.62. The zero-order valence-corrected chi connectivity index (χ0v) is 10.8. The molecule has 9 heteroatoms. The van der Waals surface area contributed by atoms with Crippen LogP contribution in [0.4, 0.5) is 22.0 Å². The highest BCUT2D eigenvalue weighted by Gasteiger charge is 2.30. The lowest BCUT2D eigenvalue weighted by atomic mass is 10.0. The summed E-state index contributed by atoms with van der Waals surface area (Å²) in [6, 6.07) is 0.223. The van der Waals surface area contributed by atoms with Crippen LogP contribution in [0.15, 0.2) is 12.3 Å². The zero-order chi connectivity index (χ0) is 15.7. The Morgan fingerprint density at radius 1 is 1.10 bits per heavy atom. The Morgan fingerprint density at radius 2 is 1.62 bits per heavy atom. The fourth-order valence-corrected chi connectivity index (χ4v) is 1.95. The van der Waals surface area contributed by atoms with Crippen molar-refractivity contribution in [3.8, 4) is 0 Å². The first-order valence-electron chi connectivity index (χ1n) is 5.82. The second-order valence-electron chi connectivity index (χ2n) is 4.39. The first kappa shape index (κ1) is 15.4. The fraction of sp³-hybridized carbons (Fsp3) is 0.250. The molecule has 0 saturated heterocycles. The van der Waals surface area contributed by atoms with Gasteiger partial charge in [-0.3, -0.25) is 16.0 Å². The number of benzene rings is 1. The highest BCUT2D eigenvalue weighted by atomic mass is 19.2. The van der Waals surface area contributed by atoms with Crippen molar-refractivity contribution in [2.75, 3.05) is 0 Å².